The lowest BCUT2D eigenvalue weighted by molar-refractivity contribution is -0.870. The maximum absolute atomic E-state index is 11.8. The molecule has 98 valence electrons. The SMILES string of the molecule is C=Cc1cc(O)cc(C(=O)OCC[N+](C)(C)C)c1. The number of nitrogens with zero attached hydrogens (tertiary/aromatic N) is 1. The molecule has 0 atom stereocenters. The molecule has 18 heavy (non-hydrogen) atoms. The van der Waals surface area contributed by atoms with Crippen molar-refractivity contribution in [1.29, 1.82) is 0 Å². The van der Waals surface area contributed by atoms with Gasteiger partial charge in [0.05, 0.1) is 26.7 Å². The van der Waals surface area contributed by atoms with Crippen LogP contribution in [0.25, 0.3) is 6.08 Å². The maximum Gasteiger partial charge on any atom is 0.338 e. The largest absolute Gasteiger partial charge is 0.508 e. The molecule has 0 amide bonds. The van der Waals surface area contributed by atoms with Gasteiger partial charge in [-0.05, 0) is 23.8 Å². The zero-order chi connectivity index (χ0) is 13.8. The summed E-state index contributed by atoms with van der Waals surface area (Å²) in [4.78, 5) is 11.8. The van der Waals surface area contributed by atoms with Gasteiger partial charge in [0.1, 0.15) is 18.9 Å². The van der Waals surface area contributed by atoms with Crippen LogP contribution in [0.4, 0.5) is 0 Å². The number of carbonyl (C=O) groups excluding carboxylic acids is 1. The summed E-state index contributed by atoms with van der Waals surface area (Å²) in [6.07, 6.45) is 1.57. The molecule has 1 aromatic carbocycles. The highest BCUT2D eigenvalue weighted by molar-refractivity contribution is 5.90. The third-order valence-electron chi connectivity index (χ3n) is 2.41. The number of rotatable bonds is 5. The van der Waals surface area contributed by atoms with Crippen LogP contribution in [0.1, 0.15) is 15.9 Å². The Hall–Kier alpha value is -1.81. The molecule has 4 nitrogen and oxygen atoms in total. The zero-order valence-electron chi connectivity index (χ0n) is 11.1. The number of phenols is 1. The van der Waals surface area contributed by atoms with Gasteiger partial charge in [0.2, 0.25) is 0 Å². The second kappa shape index (κ2) is 5.69. The number of ether oxygens (including phenoxy) is 1. The van der Waals surface area contributed by atoms with E-state index in [2.05, 4.69) is 6.58 Å². The Morgan fingerprint density at radius 2 is 2.06 bits per heavy atom. The molecule has 0 bridgehead atoms. The van der Waals surface area contributed by atoms with Gasteiger partial charge in [-0.3, -0.25) is 0 Å². The van der Waals surface area contributed by atoms with Gasteiger partial charge in [0.25, 0.3) is 0 Å². The maximum atomic E-state index is 11.8. The van der Waals surface area contributed by atoms with Gasteiger partial charge < -0.3 is 14.3 Å². The third kappa shape index (κ3) is 4.59. The monoisotopic (exact) mass is 250 g/mol. The summed E-state index contributed by atoms with van der Waals surface area (Å²) < 4.78 is 5.89. The van der Waals surface area contributed by atoms with E-state index in [-0.39, 0.29) is 5.75 Å². The van der Waals surface area contributed by atoms with Crippen LogP contribution in [-0.4, -0.2) is 49.9 Å². The highest BCUT2D eigenvalue weighted by atomic mass is 16.5. The summed E-state index contributed by atoms with van der Waals surface area (Å²) in [7, 11) is 6.08. The van der Waals surface area contributed by atoms with Crippen LogP contribution >= 0.6 is 0 Å². The van der Waals surface area contributed by atoms with E-state index >= 15 is 0 Å². The molecule has 0 radical (unpaired) electrons. The summed E-state index contributed by atoms with van der Waals surface area (Å²) in [6.45, 7) is 4.68. The molecule has 0 aliphatic heterocycles. The van der Waals surface area contributed by atoms with E-state index in [1.807, 2.05) is 21.1 Å². The molecular weight excluding hydrogens is 230 g/mol. The molecule has 0 fully saturated rings. The molecule has 0 aliphatic carbocycles. The summed E-state index contributed by atoms with van der Waals surface area (Å²) in [5, 5.41) is 9.47. The zero-order valence-corrected chi connectivity index (χ0v) is 11.1. The molecule has 0 unspecified atom stereocenters. The van der Waals surface area contributed by atoms with Gasteiger partial charge >= 0.3 is 5.97 Å². The third-order valence-corrected chi connectivity index (χ3v) is 2.41. The van der Waals surface area contributed by atoms with Crippen molar-refractivity contribution in [3.63, 3.8) is 0 Å². The molecule has 1 N–H and O–H groups in total. The van der Waals surface area contributed by atoms with Gasteiger partial charge in [0, 0.05) is 0 Å². The van der Waals surface area contributed by atoms with E-state index in [0.29, 0.717) is 17.7 Å². The summed E-state index contributed by atoms with van der Waals surface area (Å²) in [5.74, 6) is -0.395. The Labute approximate surface area is 108 Å². The van der Waals surface area contributed by atoms with Gasteiger partial charge in [-0.1, -0.05) is 12.7 Å². The molecule has 0 spiro atoms. The molecular formula is C14H20NO3+. The predicted molar refractivity (Wildman–Crippen MR) is 71.4 cm³/mol. The molecule has 4 heteroatoms. The highest BCUT2D eigenvalue weighted by Crippen LogP contribution is 2.17. The lowest BCUT2D eigenvalue weighted by Crippen LogP contribution is -2.38. The van der Waals surface area contributed by atoms with E-state index in [9.17, 15) is 9.90 Å². The number of benzene rings is 1. The van der Waals surface area contributed by atoms with Crippen LogP contribution in [0.15, 0.2) is 24.8 Å². The van der Waals surface area contributed by atoms with Crippen molar-refractivity contribution in [3.05, 3.63) is 35.9 Å². The minimum absolute atomic E-state index is 0.0333. The Morgan fingerprint density at radius 3 is 2.61 bits per heavy atom. The normalized spacial score (nSPS) is 11.1. The second-order valence-electron chi connectivity index (χ2n) is 5.17. The van der Waals surface area contributed by atoms with Crippen LogP contribution in [0.2, 0.25) is 0 Å². The smallest absolute Gasteiger partial charge is 0.338 e. The van der Waals surface area contributed by atoms with Crippen molar-refractivity contribution in [2.45, 2.75) is 0 Å². The number of likely N-dealkylation sites (N-methyl/N-ethyl adjacent to an activating group) is 1. The first-order chi connectivity index (χ1) is 8.31. The van der Waals surface area contributed by atoms with E-state index in [1.165, 1.54) is 12.1 Å². The fraction of sp³-hybridized carbons (Fsp3) is 0.357. The van der Waals surface area contributed by atoms with Crippen molar-refractivity contribution in [3.8, 4) is 5.75 Å². The Bertz CT molecular complexity index is 447. The Morgan fingerprint density at radius 1 is 1.39 bits per heavy atom. The average Bonchev–Trinajstić information content (AvgIpc) is 2.26. The molecule has 0 aromatic heterocycles. The minimum Gasteiger partial charge on any atom is -0.508 e. The Balaban J connectivity index is 2.67. The second-order valence-corrected chi connectivity index (χ2v) is 5.17. The summed E-state index contributed by atoms with van der Waals surface area (Å²) >= 11 is 0. The van der Waals surface area contributed by atoms with Crippen LogP contribution in [0, 0.1) is 0 Å². The fourth-order valence-corrected chi connectivity index (χ4v) is 1.37. The molecule has 1 rings (SSSR count). The van der Waals surface area contributed by atoms with E-state index in [0.717, 1.165) is 11.0 Å². The van der Waals surface area contributed by atoms with E-state index in [1.54, 1.807) is 12.1 Å². The first-order valence-corrected chi connectivity index (χ1v) is 5.76. The van der Waals surface area contributed by atoms with Crippen molar-refractivity contribution in [1.82, 2.24) is 0 Å². The fourth-order valence-electron chi connectivity index (χ4n) is 1.37. The number of aromatic hydroxyl groups is 1. The number of hydrogen-bond donors (Lipinski definition) is 1. The quantitative estimate of drug-likeness (QED) is 0.641. The first kappa shape index (κ1) is 14.3. The minimum atomic E-state index is -0.428. The van der Waals surface area contributed by atoms with Gasteiger partial charge in [-0.25, -0.2) is 4.79 Å². The molecule has 0 heterocycles. The molecule has 0 aliphatic rings. The van der Waals surface area contributed by atoms with Crippen LogP contribution in [-0.2, 0) is 4.74 Å². The van der Waals surface area contributed by atoms with Crippen molar-refractivity contribution in [2.24, 2.45) is 0 Å². The van der Waals surface area contributed by atoms with E-state index < -0.39 is 5.97 Å². The van der Waals surface area contributed by atoms with Crippen LogP contribution in [0.3, 0.4) is 0 Å². The Kier molecular flexibility index (Phi) is 4.50. The molecule has 1 aromatic rings. The predicted octanol–water partition coefficient (Wildman–Crippen LogP) is 1.90. The van der Waals surface area contributed by atoms with Crippen molar-refractivity contribution in [2.75, 3.05) is 34.3 Å². The average molecular weight is 250 g/mol. The summed E-state index contributed by atoms with van der Waals surface area (Å²) in [6, 6.07) is 4.57. The standard InChI is InChI=1S/C14H19NO3/c1-5-11-8-12(10-13(16)9-11)14(17)18-7-6-15(2,3)4/h5,8-10H,1,6-7H2,2-4H3/p+1. The lowest BCUT2D eigenvalue weighted by Gasteiger charge is -2.23. The van der Waals surface area contributed by atoms with Crippen LogP contribution in [0.5, 0.6) is 5.75 Å². The van der Waals surface area contributed by atoms with Gasteiger partial charge in [0.15, 0.2) is 0 Å². The van der Waals surface area contributed by atoms with Crippen molar-refractivity contribution < 1.29 is 19.1 Å². The first-order valence-electron chi connectivity index (χ1n) is 5.76. The topological polar surface area (TPSA) is 46.5 Å². The van der Waals surface area contributed by atoms with Crippen molar-refractivity contribution >= 4 is 12.0 Å². The summed E-state index contributed by atoms with van der Waals surface area (Å²) in [5.41, 5.74) is 1.03. The number of hydrogen-bond acceptors (Lipinski definition) is 3. The van der Waals surface area contributed by atoms with E-state index in [4.69, 9.17) is 4.74 Å². The highest BCUT2D eigenvalue weighted by Gasteiger charge is 2.12. The number of quaternary nitrogens is 1. The van der Waals surface area contributed by atoms with Gasteiger partial charge in [-0.2, -0.15) is 0 Å². The number of phenolic OH excluding ortho intramolecular Hbond substituents is 1. The number of carbonyl (C=O) groups is 1. The number of esters is 1. The van der Waals surface area contributed by atoms with Crippen LogP contribution < -0.4 is 0 Å². The molecule has 0 saturated heterocycles. The lowest BCUT2D eigenvalue weighted by atomic mass is 10.1. The van der Waals surface area contributed by atoms with Gasteiger partial charge in [-0.15, -0.1) is 0 Å². The molecule has 0 saturated carbocycles.